The fourth-order valence-corrected chi connectivity index (χ4v) is 1.51. The zero-order valence-corrected chi connectivity index (χ0v) is 11.3. The van der Waals surface area contributed by atoms with Gasteiger partial charge >= 0.3 is 0 Å². The van der Waals surface area contributed by atoms with E-state index in [-0.39, 0.29) is 11.0 Å². The van der Waals surface area contributed by atoms with Gasteiger partial charge in [-0.3, -0.25) is 0 Å². The maximum absolute atomic E-state index is 8.64. The molecule has 0 atom stereocenters. The third kappa shape index (κ3) is 3.52. The molecule has 0 spiro atoms. The second kappa shape index (κ2) is 5.58. The van der Waals surface area contributed by atoms with Crippen molar-refractivity contribution in [3.63, 3.8) is 0 Å². The van der Waals surface area contributed by atoms with Crippen LogP contribution in [0.5, 0.6) is 0 Å². The van der Waals surface area contributed by atoms with Crippen LogP contribution in [0.15, 0.2) is 30.0 Å². The molecule has 0 aliphatic carbocycles. The van der Waals surface area contributed by atoms with Gasteiger partial charge in [-0.25, -0.2) is 0 Å². The monoisotopic (exact) mass is 259 g/mol. The van der Waals surface area contributed by atoms with Crippen LogP contribution in [0, 0.1) is 22.7 Å². The Morgan fingerprint density at radius 3 is 2.39 bits per heavy atom. The number of hydrogen-bond donors (Lipinski definition) is 1. The topological polar surface area (TPSA) is 59.6 Å². The molecular weight excluding hydrogens is 246 g/mol. The average molecular weight is 260 g/mol. The second-order valence-corrected chi connectivity index (χ2v) is 5.28. The highest BCUT2D eigenvalue weighted by atomic mass is 35.5. The largest absolute Gasteiger partial charge is 0.359 e. The zero-order chi connectivity index (χ0) is 13.8. The van der Waals surface area contributed by atoms with E-state index in [0.29, 0.717) is 10.7 Å². The molecule has 1 aromatic rings. The normalized spacial score (nSPS) is 10.1. The van der Waals surface area contributed by atoms with E-state index in [4.69, 9.17) is 22.1 Å². The van der Waals surface area contributed by atoms with Crippen LogP contribution in [0.25, 0.3) is 0 Å². The van der Waals surface area contributed by atoms with Crippen molar-refractivity contribution in [3.8, 4) is 12.1 Å². The average Bonchev–Trinajstić information content (AvgIpc) is 2.31. The molecule has 0 heterocycles. The fourth-order valence-electron chi connectivity index (χ4n) is 1.34. The number of nitrogens with zero attached hydrogens (tertiary/aromatic N) is 2. The highest BCUT2D eigenvalue weighted by Crippen LogP contribution is 2.29. The Hall–Kier alpha value is -1.97. The third-order valence-electron chi connectivity index (χ3n) is 2.45. The van der Waals surface area contributed by atoms with Crippen molar-refractivity contribution < 1.29 is 0 Å². The van der Waals surface area contributed by atoms with Crippen molar-refractivity contribution in [1.82, 2.24) is 0 Å². The van der Waals surface area contributed by atoms with Gasteiger partial charge in [0.1, 0.15) is 17.7 Å². The van der Waals surface area contributed by atoms with Gasteiger partial charge in [-0.15, -0.1) is 0 Å². The number of benzene rings is 1. The predicted octanol–water partition coefficient (Wildman–Crippen LogP) is 3.98. The molecule has 0 radical (unpaired) electrons. The summed E-state index contributed by atoms with van der Waals surface area (Å²) >= 11 is 6.06. The zero-order valence-electron chi connectivity index (χ0n) is 10.6. The Kier molecular flexibility index (Phi) is 4.37. The second-order valence-electron chi connectivity index (χ2n) is 4.87. The highest BCUT2D eigenvalue weighted by Gasteiger charge is 2.14. The Morgan fingerprint density at radius 1 is 1.28 bits per heavy atom. The first-order valence-corrected chi connectivity index (χ1v) is 5.83. The molecule has 0 aromatic heterocycles. The number of halogens is 1. The lowest BCUT2D eigenvalue weighted by molar-refractivity contribution is 0.590. The minimum Gasteiger partial charge on any atom is -0.359 e. The lowest BCUT2D eigenvalue weighted by Gasteiger charge is -2.20. The van der Waals surface area contributed by atoms with Gasteiger partial charge in [0.25, 0.3) is 0 Å². The van der Waals surface area contributed by atoms with E-state index < -0.39 is 0 Å². The van der Waals surface area contributed by atoms with E-state index in [2.05, 4.69) is 26.1 Å². The van der Waals surface area contributed by atoms with Crippen LogP contribution < -0.4 is 5.32 Å². The van der Waals surface area contributed by atoms with Crippen LogP contribution in [0.3, 0.4) is 0 Å². The van der Waals surface area contributed by atoms with Gasteiger partial charge in [0, 0.05) is 6.20 Å². The molecule has 1 N–H and O–H groups in total. The Labute approximate surface area is 112 Å². The summed E-state index contributed by atoms with van der Waals surface area (Å²) in [5, 5.41) is 20.7. The van der Waals surface area contributed by atoms with Gasteiger partial charge in [-0.05, 0) is 23.1 Å². The molecule has 0 unspecified atom stereocenters. The molecule has 0 bridgehead atoms. The smallest absolute Gasteiger partial charge is 0.145 e. The van der Waals surface area contributed by atoms with E-state index in [1.807, 2.05) is 12.1 Å². The minimum atomic E-state index is 0.00669. The Morgan fingerprint density at radius 2 is 1.89 bits per heavy atom. The molecule has 0 saturated heterocycles. The summed E-state index contributed by atoms with van der Waals surface area (Å²) in [6.45, 7) is 6.31. The van der Waals surface area contributed by atoms with Crippen molar-refractivity contribution >= 4 is 17.3 Å². The molecule has 0 saturated carbocycles. The summed E-state index contributed by atoms with van der Waals surface area (Å²) in [5.74, 6) is 0. The first kappa shape index (κ1) is 14.1. The molecule has 0 fully saturated rings. The maximum Gasteiger partial charge on any atom is 0.145 e. The van der Waals surface area contributed by atoms with Gasteiger partial charge < -0.3 is 5.32 Å². The van der Waals surface area contributed by atoms with Crippen LogP contribution in [0.2, 0.25) is 5.02 Å². The molecule has 0 aliphatic heterocycles. The summed E-state index contributed by atoms with van der Waals surface area (Å²) < 4.78 is 0. The van der Waals surface area contributed by atoms with Gasteiger partial charge in [0.15, 0.2) is 0 Å². The fraction of sp³-hybridized carbons (Fsp3) is 0.286. The lowest BCUT2D eigenvalue weighted by Crippen LogP contribution is -2.11. The van der Waals surface area contributed by atoms with Crippen LogP contribution in [-0.4, -0.2) is 0 Å². The van der Waals surface area contributed by atoms with Crippen LogP contribution in [0.1, 0.15) is 26.3 Å². The number of nitrogens with one attached hydrogen (secondary N) is 1. The van der Waals surface area contributed by atoms with Crippen molar-refractivity contribution in [3.05, 3.63) is 40.6 Å². The summed E-state index contributed by atoms with van der Waals surface area (Å²) in [4.78, 5) is 0. The van der Waals surface area contributed by atoms with Gasteiger partial charge in [-0.2, -0.15) is 10.5 Å². The van der Waals surface area contributed by atoms with Crippen molar-refractivity contribution in [2.45, 2.75) is 26.2 Å². The first-order valence-electron chi connectivity index (χ1n) is 5.45. The van der Waals surface area contributed by atoms with Crippen LogP contribution >= 0.6 is 11.6 Å². The van der Waals surface area contributed by atoms with Gasteiger partial charge in [-0.1, -0.05) is 38.4 Å². The Balaban J connectivity index is 3.08. The number of nitriles is 2. The highest BCUT2D eigenvalue weighted by molar-refractivity contribution is 6.33. The SMILES string of the molecule is CC(C)(C)c1ccc(Cl)c(NC=C(C#N)C#N)c1. The number of anilines is 1. The molecular formula is C14H14ClN3. The van der Waals surface area contributed by atoms with Crippen LogP contribution in [-0.2, 0) is 5.41 Å². The van der Waals surface area contributed by atoms with Crippen molar-refractivity contribution in [2.75, 3.05) is 5.32 Å². The van der Waals surface area contributed by atoms with Crippen molar-refractivity contribution in [2.24, 2.45) is 0 Å². The van der Waals surface area contributed by atoms with E-state index in [1.54, 1.807) is 18.2 Å². The molecule has 0 amide bonds. The van der Waals surface area contributed by atoms with Gasteiger partial charge in [0.2, 0.25) is 0 Å². The van der Waals surface area contributed by atoms with E-state index in [9.17, 15) is 0 Å². The van der Waals surface area contributed by atoms with E-state index in [1.165, 1.54) is 6.20 Å². The van der Waals surface area contributed by atoms with E-state index in [0.717, 1.165) is 5.56 Å². The molecule has 1 aromatic carbocycles. The predicted molar refractivity (Wildman–Crippen MR) is 73.1 cm³/mol. The molecule has 4 heteroatoms. The number of allylic oxidation sites excluding steroid dienone is 1. The number of hydrogen-bond acceptors (Lipinski definition) is 3. The molecule has 18 heavy (non-hydrogen) atoms. The van der Waals surface area contributed by atoms with Crippen LogP contribution in [0.4, 0.5) is 5.69 Å². The molecule has 3 nitrogen and oxygen atoms in total. The first-order chi connectivity index (χ1) is 8.38. The maximum atomic E-state index is 8.64. The van der Waals surface area contributed by atoms with Crippen molar-refractivity contribution in [1.29, 1.82) is 10.5 Å². The minimum absolute atomic E-state index is 0.00669. The molecule has 0 aliphatic rings. The third-order valence-corrected chi connectivity index (χ3v) is 2.77. The number of rotatable bonds is 2. The summed E-state index contributed by atoms with van der Waals surface area (Å²) in [6, 6.07) is 9.25. The Bertz CT molecular complexity index is 538. The van der Waals surface area contributed by atoms with Gasteiger partial charge in [0.05, 0.1) is 10.7 Å². The lowest BCUT2D eigenvalue weighted by atomic mass is 9.87. The molecule has 92 valence electrons. The quantitative estimate of drug-likeness (QED) is 0.817. The summed E-state index contributed by atoms with van der Waals surface area (Å²) in [5.41, 5.74) is 1.83. The summed E-state index contributed by atoms with van der Waals surface area (Å²) in [6.07, 6.45) is 1.35. The summed E-state index contributed by atoms with van der Waals surface area (Å²) in [7, 11) is 0. The molecule has 1 rings (SSSR count). The standard InChI is InChI=1S/C14H14ClN3/c1-14(2,3)11-4-5-12(15)13(6-11)18-9-10(7-16)8-17/h4-6,9,18H,1-3H3. The van der Waals surface area contributed by atoms with E-state index >= 15 is 0 Å².